The Morgan fingerprint density at radius 1 is 1.33 bits per heavy atom. The van der Waals surface area contributed by atoms with Crippen LogP contribution in [-0.4, -0.2) is 57.4 Å². The van der Waals surface area contributed by atoms with Gasteiger partial charge in [0.1, 0.15) is 0 Å². The third-order valence-electron chi connectivity index (χ3n) is 4.13. The Morgan fingerprint density at radius 3 is 2.76 bits per heavy atom. The van der Waals surface area contributed by atoms with E-state index in [1.54, 1.807) is 16.4 Å². The lowest BCUT2D eigenvalue weighted by atomic mass is 10.1. The van der Waals surface area contributed by atoms with Crippen LogP contribution in [0.2, 0.25) is 0 Å². The van der Waals surface area contributed by atoms with Gasteiger partial charge in [-0.05, 0) is 38.2 Å². The van der Waals surface area contributed by atoms with Crippen molar-refractivity contribution in [2.75, 3.05) is 33.7 Å². The normalized spacial score (nSPS) is 21.6. The van der Waals surface area contributed by atoms with E-state index in [0.29, 0.717) is 30.6 Å². The molecule has 0 saturated carbocycles. The summed E-state index contributed by atoms with van der Waals surface area (Å²) in [4.78, 5) is 2.64. The van der Waals surface area contributed by atoms with Gasteiger partial charge in [0.25, 0.3) is 0 Å². The van der Waals surface area contributed by atoms with Gasteiger partial charge >= 0.3 is 0 Å². The molecule has 1 heterocycles. The first-order valence-electron chi connectivity index (χ1n) is 7.43. The van der Waals surface area contributed by atoms with Crippen molar-refractivity contribution in [2.24, 2.45) is 0 Å². The first-order chi connectivity index (χ1) is 9.98. The molecule has 2 rings (SSSR count). The number of benzene rings is 1. The molecular weight excluding hydrogens is 286 g/mol. The maximum atomic E-state index is 12.8. The molecule has 0 bridgehead atoms. The Labute approximate surface area is 128 Å². The van der Waals surface area contributed by atoms with Crippen LogP contribution in [0.3, 0.4) is 0 Å². The molecule has 1 aliphatic rings. The van der Waals surface area contributed by atoms with Crippen molar-refractivity contribution in [3.05, 3.63) is 29.8 Å². The molecule has 5 nitrogen and oxygen atoms in total. The molecule has 6 heteroatoms. The second kappa shape index (κ2) is 6.87. The van der Waals surface area contributed by atoms with Crippen LogP contribution in [0, 0.1) is 0 Å². The van der Waals surface area contributed by atoms with Gasteiger partial charge in [0.05, 0.1) is 4.90 Å². The fraction of sp³-hybridized carbons (Fsp3) is 0.600. The summed E-state index contributed by atoms with van der Waals surface area (Å²) in [7, 11) is 0.525. The number of piperazine rings is 1. The fourth-order valence-electron chi connectivity index (χ4n) is 2.75. The van der Waals surface area contributed by atoms with Gasteiger partial charge in [-0.15, -0.1) is 0 Å². The lowest BCUT2D eigenvalue weighted by Crippen LogP contribution is -2.52. The van der Waals surface area contributed by atoms with Crippen molar-refractivity contribution in [3.8, 4) is 0 Å². The zero-order valence-corrected chi connectivity index (χ0v) is 13.9. The van der Waals surface area contributed by atoms with Crippen LogP contribution < -0.4 is 5.32 Å². The molecule has 1 unspecified atom stereocenters. The van der Waals surface area contributed by atoms with Crippen molar-refractivity contribution in [3.63, 3.8) is 0 Å². The number of nitrogens with one attached hydrogen (secondary N) is 1. The Hall–Kier alpha value is -0.950. The van der Waals surface area contributed by atoms with E-state index >= 15 is 0 Å². The summed E-state index contributed by atoms with van der Waals surface area (Å²) < 4.78 is 27.2. The number of sulfonamides is 1. The minimum absolute atomic E-state index is 0.300. The van der Waals surface area contributed by atoms with Crippen LogP contribution >= 0.6 is 0 Å². The quantitative estimate of drug-likeness (QED) is 0.885. The van der Waals surface area contributed by atoms with Gasteiger partial charge in [-0.3, -0.25) is 0 Å². The van der Waals surface area contributed by atoms with Crippen LogP contribution in [0.25, 0.3) is 0 Å². The van der Waals surface area contributed by atoms with E-state index in [1.807, 2.05) is 19.2 Å². The summed E-state index contributed by atoms with van der Waals surface area (Å²) in [5.74, 6) is 0. The topological polar surface area (TPSA) is 52.7 Å². The molecule has 0 spiro atoms. The number of rotatable bonds is 5. The first kappa shape index (κ1) is 16.4. The van der Waals surface area contributed by atoms with Gasteiger partial charge in [0.15, 0.2) is 0 Å². The molecule has 1 aliphatic heterocycles. The molecule has 1 N–H and O–H groups in total. The number of hydrogen-bond donors (Lipinski definition) is 1. The highest BCUT2D eigenvalue weighted by Crippen LogP contribution is 2.21. The van der Waals surface area contributed by atoms with Crippen molar-refractivity contribution >= 4 is 10.0 Å². The van der Waals surface area contributed by atoms with Crippen molar-refractivity contribution in [2.45, 2.75) is 30.8 Å². The third-order valence-corrected chi connectivity index (χ3v) is 5.99. The highest BCUT2D eigenvalue weighted by atomic mass is 32.2. The lowest BCUT2D eigenvalue weighted by molar-refractivity contribution is 0.144. The summed E-state index contributed by atoms with van der Waals surface area (Å²) in [6.45, 7) is 4.69. The van der Waals surface area contributed by atoms with E-state index in [0.717, 1.165) is 18.5 Å². The van der Waals surface area contributed by atoms with Crippen LogP contribution in [-0.2, 0) is 16.6 Å². The average Bonchev–Trinajstić information content (AvgIpc) is 2.48. The minimum atomic E-state index is -3.39. The van der Waals surface area contributed by atoms with Gasteiger partial charge in [-0.1, -0.05) is 19.1 Å². The molecular formula is C15H25N3O2S. The smallest absolute Gasteiger partial charge is 0.243 e. The molecule has 1 atom stereocenters. The highest BCUT2D eigenvalue weighted by molar-refractivity contribution is 7.89. The highest BCUT2D eigenvalue weighted by Gasteiger charge is 2.31. The van der Waals surface area contributed by atoms with Crippen molar-refractivity contribution < 1.29 is 8.42 Å². The molecule has 0 radical (unpaired) electrons. The minimum Gasteiger partial charge on any atom is -0.316 e. The Bertz CT molecular complexity index is 574. The second-order valence-electron chi connectivity index (χ2n) is 5.58. The molecule has 0 amide bonds. The maximum absolute atomic E-state index is 12.8. The van der Waals surface area contributed by atoms with Gasteiger partial charge in [-0.2, -0.15) is 4.31 Å². The van der Waals surface area contributed by atoms with E-state index < -0.39 is 10.0 Å². The Morgan fingerprint density at radius 2 is 2.10 bits per heavy atom. The Kier molecular flexibility index (Phi) is 5.37. The number of nitrogens with zero attached hydrogens (tertiary/aromatic N) is 2. The summed E-state index contributed by atoms with van der Waals surface area (Å²) in [5.41, 5.74) is 0.986. The molecule has 0 aliphatic carbocycles. The molecule has 1 saturated heterocycles. The molecule has 1 aromatic rings. The second-order valence-corrected chi connectivity index (χ2v) is 7.52. The molecule has 1 fully saturated rings. The first-order valence-corrected chi connectivity index (χ1v) is 8.87. The standard InChI is InChI=1S/C15H25N3O2S/c1-4-14-12-18(9-8-17(14)3)21(19,20)15-7-5-6-13(10-15)11-16-2/h5-7,10,14,16H,4,8-9,11-12H2,1-3H3. The van der Waals surface area contributed by atoms with E-state index in [-0.39, 0.29) is 0 Å². The predicted molar refractivity (Wildman–Crippen MR) is 84.7 cm³/mol. The van der Waals surface area contributed by atoms with Crippen molar-refractivity contribution in [1.82, 2.24) is 14.5 Å². The van der Waals surface area contributed by atoms with E-state index in [9.17, 15) is 8.42 Å². The summed E-state index contributed by atoms with van der Waals surface area (Å²) in [5, 5.41) is 3.05. The molecule has 0 aromatic heterocycles. The fourth-order valence-corrected chi connectivity index (χ4v) is 4.29. The molecule has 21 heavy (non-hydrogen) atoms. The summed E-state index contributed by atoms with van der Waals surface area (Å²) >= 11 is 0. The van der Waals surface area contributed by atoms with Crippen LogP contribution in [0.5, 0.6) is 0 Å². The van der Waals surface area contributed by atoms with Gasteiger partial charge < -0.3 is 10.2 Å². The Balaban J connectivity index is 2.23. The van der Waals surface area contributed by atoms with Crippen LogP contribution in [0.4, 0.5) is 0 Å². The molecule has 118 valence electrons. The molecule has 1 aromatic carbocycles. The zero-order valence-electron chi connectivity index (χ0n) is 13.0. The SMILES string of the molecule is CCC1CN(S(=O)(=O)c2cccc(CNC)c2)CCN1C. The largest absolute Gasteiger partial charge is 0.316 e. The predicted octanol–water partition coefficient (Wildman–Crippen LogP) is 1.12. The number of likely N-dealkylation sites (N-methyl/N-ethyl adjacent to an activating group) is 1. The van der Waals surface area contributed by atoms with Gasteiger partial charge in [0, 0.05) is 32.2 Å². The lowest BCUT2D eigenvalue weighted by Gasteiger charge is -2.38. The zero-order chi connectivity index (χ0) is 15.5. The van der Waals surface area contributed by atoms with E-state index in [1.165, 1.54) is 0 Å². The monoisotopic (exact) mass is 311 g/mol. The average molecular weight is 311 g/mol. The van der Waals surface area contributed by atoms with E-state index in [2.05, 4.69) is 24.2 Å². The van der Waals surface area contributed by atoms with Gasteiger partial charge in [-0.25, -0.2) is 8.42 Å². The van der Waals surface area contributed by atoms with Gasteiger partial charge in [0.2, 0.25) is 10.0 Å². The van der Waals surface area contributed by atoms with Crippen LogP contribution in [0.15, 0.2) is 29.2 Å². The number of hydrogen-bond acceptors (Lipinski definition) is 4. The maximum Gasteiger partial charge on any atom is 0.243 e. The third kappa shape index (κ3) is 3.63. The van der Waals surface area contributed by atoms with Crippen molar-refractivity contribution in [1.29, 1.82) is 0 Å². The summed E-state index contributed by atoms with van der Waals surface area (Å²) in [6.07, 6.45) is 0.961. The van der Waals surface area contributed by atoms with Crippen LogP contribution in [0.1, 0.15) is 18.9 Å². The van der Waals surface area contributed by atoms with E-state index in [4.69, 9.17) is 0 Å². The summed E-state index contributed by atoms with van der Waals surface area (Å²) in [6, 6.07) is 7.51.